The first kappa shape index (κ1) is 22.9. The monoisotopic (exact) mass is 423 g/mol. The third-order valence-corrected chi connectivity index (χ3v) is 5.77. The van der Waals surface area contributed by atoms with E-state index in [1.165, 1.54) is 19.4 Å². The number of likely N-dealkylation sites (tertiary alicyclic amines) is 1. The van der Waals surface area contributed by atoms with E-state index >= 15 is 0 Å². The number of aliphatic carboxylic acids is 1. The third-order valence-electron chi connectivity index (χ3n) is 5.77. The minimum atomic E-state index is -1.30. The first-order chi connectivity index (χ1) is 14.7. The molecule has 1 heterocycles. The normalized spacial score (nSPS) is 16.9. The minimum absolute atomic E-state index is 0.0696. The van der Waals surface area contributed by atoms with Gasteiger partial charge in [0, 0.05) is 24.6 Å². The van der Waals surface area contributed by atoms with Crippen molar-refractivity contribution in [2.24, 2.45) is 5.92 Å². The van der Waals surface area contributed by atoms with Crippen molar-refractivity contribution >= 4 is 11.9 Å². The van der Waals surface area contributed by atoms with Crippen LogP contribution in [0.15, 0.2) is 48.5 Å². The SMILES string of the molecule is CC(C)Cc1ccc(C(=O)N2CCCC(c3cccc(OC(C)(C)C(=O)O)c3)C2)cc1. The quantitative estimate of drug-likeness (QED) is 0.669. The molecule has 1 aliphatic rings. The lowest BCUT2D eigenvalue weighted by Gasteiger charge is -2.33. The largest absolute Gasteiger partial charge is 0.478 e. The molecule has 166 valence electrons. The Morgan fingerprint density at radius 3 is 2.52 bits per heavy atom. The van der Waals surface area contributed by atoms with Crippen LogP contribution >= 0.6 is 0 Å². The maximum Gasteiger partial charge on any atom is 0.347 e. The molecule has 31 heavy (non-hydrogen) atoms. The molecule has 0 saturated carbocycles. The molecular weight excluding hydrogens is 390 g/mol. The maximum absolute atomic E-state index is 13.1. The van der Waals surface area contributed by atoms with Gasteiger partial charge in [0.25, 0.3) is 5.91 Å². The number of rotatable bonds is 7. The van der Waals surface area contributed by atoms with Gasteiger partial charge in [-0.2, -0.15) is 0 Å². The average Bonchev–Trinajstić information content (AvgIpc) is 2.73. The predicted octanol–water partition coefficient (Wildman–Crippen LogP) is 5.15. The van der Waals surface area contributed by atoms with Gasteiger partial charge in [0.2, 0.25) is 0 Å². The van der Waals surface area contributed by atoms with Crippen molar-refractivity contribution in [2.75, 3.05) is 13.1 Å². The fraction of sp³-hybridized carbons (Fsp3) is 0.462. The molecule has 0 radical (unpaired) electrons. The van der Waals surface area contributed by atoms with E-state index in [-0.39, 0.29) is 11.8 Å². The van der Waals surface area contributed by atoms with Gasteiger partial charge in [-0.3, -0.25) is 4.79 Å². The second-order valence-electron chi connectivity index (χ2n) is 9.38. The maximum atomic E-state index is 13.1. The molecule has 0 aliphatic carbocycles. The molecule has 1 fully saturated rings. The second-order valence-corrected chi connectivity index (χ2v) is 9.38. The van der Waals surface area contributed by atoms with Gasteiger partial charge in [0.1, 0.15) is 5.75 Å². The number of hydrogen-bond donors (Lipinski definition) is 1. The number of hydrogen-bond acceptors (Lipinski definition) is 3. The summed E-state index contributed by atoms with van der Waals surface area (Å²) in [6, 6.07) is 15.6. The fourth-order valence-electron chi connectivity index (χ4n) is 4.04. The van der Waals surface area contributed by atoms with E-state index in [0.29, 0.717) is 18.2 Å². The number of ether oxygens (including phenoxy) is 1. The van der Waals surface area contributed by atoms with Crippen molar-refractivity contribution < 1.29 is 19.4 Å². The molecule has 1 amide bonds. The molecule has 3 rings (SSSR count). The van der Waals surface area contributed by atoms with Gasteiger partial charge in [0.05, 0.1) is 0 Å². The van der Waals surface area contributed by atoms with Crippen LogP contribution in [0.2, 0.25) is 0 Å². The van der Waals surface area contributed by atoms with Crippen LogP contribution < -0.4 is 4.74 Å². The molecule has 5 nitrogen and oxygen atoms in total. The smallest absolute Gasteiger partial charge is 0.347 e. The standard InChI is InChI=1S/C26H33NO4/c1-18(2)15-19-10-12-20(13-11-19)24(28)27-14-6-8-22(17-27)21-7-5-9-23(16-21)31-26(3,4)25(29)30/h5,7,9-13,16,18,22H,6,8,14-15,17H2,1-4H3,(H,29,30). The number of carbonyl (C=O) groups excluding carboxylic acids is 1. The van der Waals surface area contributed by atoms with Crippen LogP contribution in [0, 0.1) is 5.92 Å². The molecule has 0 bridgehead atoms. The van der Waals surface area contributed by atoms with E-state index in [0.717, 1.165) is 36.9 Å². The Kier molecular flexibility index (Phi) is 7.04. The number of nitrogens with zero attached hydrogens (tertiary/aromatic N) is 1. The zero-order valence-electron chi connectivity index (χ0n) is 18.9. The van der Waals surface area contributed by atoms with E-state index in [4.69, 9.17) is 4.74 Å². The van der Waals surface area contributed by atoms with Crippen molar-refractivity contribution in [1.82, 2.24) is 4.90 Å². The predicted molar refractivity (Wildman–Crippen MR) is 122 cm³/mol. The highest BCUT2D eigenvalue weighted by molar-refractivity contribution is 5.94. The molecule has 1 atom stereocenters. The van der Waals surface area contributed by atoms with Crippen LogP contribution in [0.1, 0.15) is 67.9 Å². The van der Waals surface area contributed by atoms with Crippen molar-refractivity contribution in [3.8, 4) is 5.75 Å². The molecule has 2 aromatic carbocycles. The van der Waals surface area contributed by atoms with Crippen LogP contribution in [0.25, 0.3) is 0 Å². The summed E-state index contributed by atoms with van der Waals surface area (Å²) in [5, 5.41) is 9.32. The lowest BCUT2D eigenvalue weighted by molar-refractivity contribution is -0.152. The van der Waals surface area contributed by atoms with E-state index in [1.807, 2.05) is 35.2 Å². The zero-order chi connectivity index (χ0) is 22.6. The molecule has 1 aliphatic heterocycles. The molecular formula is C26H33NO4. The average molecular weight is 424 g/mol. The van der Waals surface area contributed by atoms with Crippen molar-refractivity contribution in [2.45, 2.75) is 58.5 Å². The van der Waals surface area contributed by atoms with E-state index in [1.54, 1.807) is 6.07 Å². The molecule has 2 aromatic rings. The highest BCUT2D eigenvalue weighted by Gasteiger charge is 2.30. The Morgan fingerprint density at radius 1 is 1.16 bits per heavy atom. The topological polar surface area (TPSA) is 66.8 Å². The lowest BCUT2D eigenvalue weighted by atomic mass is 9.90. The molecule has 0 aromatic heterocycles. The van der Waals surface area contributed by atoms with Gasteiger partial charge in [-0.25, -0.2) is 4.79 Å². The van der Waals surface area contributed by atoms with Gasteiger partial charge in [0.15, 0.2) is 5.60 Å². The van der Waals surface area contributed by atoms with Gasteiger partial charge < -0.3 is 14.7 Å². The minimum Gasteiger partial charge on any atom is -0.478 e. The lowest BCUT2D eigenvalue weighted by Crippen LogP contribution is -2.39. The Morgan fingerprint density at radius 2 is 1.87 bits per heavy atom. The number of carbonyl (C=O) groups is 2. The number of carboxylic acid groups (broad SMARTS) is 1. The summed E-state index contributed by atoms with van der Waals surface area (Å²) in [6.07, 6.45) is 2.94. The van der Waals surface area contributed by atoms with Crippen LogP contribution in [0.4, 0.5) is 0 Å². The molecule has 0 spiro atoms. The summed E-state index contributed by atoms with van der Waals surface area (Å²) in [4.78, 5) is 26.4. The van der Waals surface area contributed by atoms with Crippen LogP contribution in [0.5, 0.6) is 5.75 Å². The van der Waals surface area contributed by atoms with E-state index in [9.17, 15) is 14.7 Å². The second kappa shape index (κ2) is 9.54. The Balaban J connectivity index is 1.70. The first-order valence-corrected chi connectivity index (χ1v) is 11.1. The zero-order valence-corrected chi connectivity index (χ0v) is 18.9. The molecule has 5 heteroatoms. The Hall–Kier alpha value is -2.82. The summed E-state index contributed by atoms with van der Waals surface area (Å²) in [5.74, 6) is 0.390. The summed E-state index contributed by atoms with van der Waals surface area (Å²) >= 11 is 0. The molecule has 1 unspecified atom stereocenters. The van der Waals surface area contributed by atoms with Crippen molar-refractivity contribution in [3.05, 3.63) is 65.2 Å². The summed E-state index contributed by atoms with van der Waals surface area (Å²) in [6.45, 7) is 8.86. The van der Waals surface area contributed by atoms with Gasteiger partial charge in [-0.15, -0.1) is 0 Å². The summed E-state index contributed by atoms with van der Waals surface area (Å²) in [7, 11) is 0. The number of carboxylic acids is 1. The molecule has 1 saturated heterocycles. The number of piperidine rings is 1. The van der Waals surface area contributed by atoms with Crippen LogP contribution in [-0.2, 0) is 11.2 Å². The fourth-order valence-corrected chi connectivity index (χ4v) is 4.04. The highest BCUT2D eigenvalue weighted by atomic mass is 16.5. The highest BCUT2D eigenvalue weighted by Crippen LogP contribution is 2.31. The van der Waals surface area contributed by atoms with Gasteiger partial charge in [-0.05, 0) is 74.4 Å². The van der Waals surface area contributed by atoms with Crippen LogP contribution in [-0.4, -0.2) is 40.6 Å². The first-order valence-electron chi connectivity index (χ1n) is 11.1. The van der Waals surface area contributed by atoms with Crippen molar-refractivity contribution in [1.29, 1.82) is 0 Å². The Bertz CT molecular complexity index is 917. The van der Waals surface area contributed by atoms with Crippen LogP contribution in [0.3, 0.4) is 0 Å². The summed E-state index contributed by atoms with van der Waals surface area (Å²) < 4.78 is 5.70. The van der Waals surface area contributed by atoms with Crippen molar-refractivity contribution in [3.63, 3.8) is 0 Å². The summed E-state index contributed by atoms with van der Waals surface area (Å²) in [5.41, 5.74) is 1.76. The molecule has 1 N–H and O–H groups in total. The van der Waals surface area contributed by atoms with E-state index < -0.39 is 11.6 Å². The Labute approximate surface area is 185 Å². The van der Waals surface area contributed by atoms with Gasteiger partial charge >= 0.3 is 5.97 Å². The number of amides is 1. The van der Waals surface area contributed by atoms with Gasteiger partial charge in [-0.1, -0.05) is 38.1 Å². The number of benzene rings is 2. The third kappa shape index (κ3) is 5.87. The van der Waals surface area contributed by atoms with E-state index in [2.05, 4.69) is 26.0 Å².